The monoisotopic (exact) mass is 807 g/mol. The molecule has 7 aromatic rings. The zero-order valence-electron chi connectivity index (χ0n) is 45.5. The minimum Gasteiger partial charge on any atom is -0.110 e. The molecule has 65 heavy (non-hydrogen) atoms. The van der Waals surface area contributed by atoms with Crippen molar-refractivity contribution in [2.45, 2.75) is 5.31 Å². The van der Waals surface area contributed by atoms with Gasteiger partial charge in [0.05, 0.1) is 0 Å². The normalized spacial score (nSPS) is 15.4. The molecule has 0 saturated carbocycles. The molecule has 0 N–H and O–H groups in total. The van der Waals surface area contributed by atoms with Gasteiger partial charge in [-0.15, -0.1) is 60.1 Å². The van der Waals surface area contributed by atoms with Crippen LogP contribution in [-0.2, 0) is 5.31 Å². The van der Waals surface area contributed by atoms with Gasteiger partial charge in [-0.25, -0.2) is 0 Å². The highest BCUT2D eigenvalue weighted by atomic mass is 14.4. The average molecular weight is 802 g/mol. The van der Waals surface area contributed by atoms with Crippen molar-refractivity contribution in [3.63, 3.8) is 0 Å². The second-order valence-electron chi connectivity index (χ2n) is 21.6. The predicted molar refractivity (Wildman–Crippen MR) is 378 cm³/mol. The molecule has 286 valence electrons. The first-order chi connectivity index (χ1) is 30.1. The largest absolute Gasteiger partial charge is 0.140 e. The van der Waals surface area contributed by atoms with E-state index >= 15 is 0 Å². The van der Waals surface area contributed by atoms with Crippen LogP contribution < -0.4 is 120 Å². The summed E-state index contributed by atoms with van der Waals surface area (Å²) in [4.78, 5) is 0. The van der Waals surface area contributed by atoms with E-state index in [1.54, 1.807) is 0 Å². The molecule has 26 heteroatoms. The lowest BCUT2D eigenvalue weighted by atomic mass is 9.46. The van der Waals surface area contributed by atoms with Crippen molar-refractivity contribution in [2.75, 3.05) is 0 Å². The topological polar surface area (TPSA) is 0 Å². The van der Waals surface area contributed by atoms with Crippen LogP contribution in [0.4, 0.5) is 0 Å². The van der Waals surface area contributed by atoms with Gasteiger partial charge in [0.15, 0.2) is 0 Å². The molecule has 0 fully saturated rings. The lowest BCUT2D eigenvalue weighted by Gasteiger charge is -2.40. The first kappa shape index (κ1) is 48.2. The van der Waals surface area contributed by atoms with Crippen LogP contribution in [0.1, 0.15) is 11.1 Å². The van der Waals surface area contributed by atoms with Crippen LogP contribution in [0.3, 0.4) is 0 Å². The molecule has 1 aliphatic rings. The minimum atomic E-state index is -0.431. The molecule has 0 heterocycles. The maximum Gasteiger partial charge on any atom is 0.140 e. The minimum absolute atomic E-state index is 0.431. The van der Waals surface area contributed by atoms with Gasteiger partial charge < -0.3 is 0 Å². The van der Waals surface area contributed by atoms with E-state index in [4.69, 9.17) is 0 Å². The molecular formula is C39H52B26. The third kappa shape index (κ3) is 6.01. The fourth-order valence-corrected chi connectivity index (χ4v) is 13.7. The highest BCUT2D eigenvalue weighted by Crippen LogP contribution is 2.52. The average Bonchev–Trinajstić information content (AvgIpc) is 3.44. The molecule has 0 saturated heterocycles. The second kappa shape index (κ2) is 15.9. The summed E-state index contributed by atoms with van der Waals surface area (Å²) in [6.45, 7) is 0. The summed E-state index contributed by atoms with van der Waals surface area (Å²) in [6, 6.07) is 0. The van der Waals surface area contributed by atoms with E-state index in [0.717, 1.165) is 0 Å². The second-order valence-corrected chi connectivity index (χ2v) is 21.6. The van der Waals surface area contributed by atoms with Gasteiger partial charge in [0.2, 0.25) is 0 Å². The third-order valence-electron chi connectivity index (χ3n) is 19.7. The molecule has 0 aliphatic heterocycles. The molecule has 1 unspecified atom stereocenters. The van der Waals surface area contributed by atoms with Crippen molar-refractivity contribution in [1.82, 2.24) is 0 Å². The van der Waals surface area contributed by atoms with E-state index < -0.39 is 5.31 Å². The van der Waals surface area contributed by atoms with Crippen molar-refractivity contribution in [1.29, 1.82) is 0 Å². The summed E-state index contributed by atoms with van der Waals surface area (Å²) >= 11 is 0. The van der Waals surface area contributed by atoms with Crippen molar-refractivity contribution in [3.05, 3.63) is 27.5 Å². The molecule has 0 amide bonds. The summed E-state index contributed by atoms with van der Waals surface area (Å²) in [5.41, 5.74) is 42.8. The van der Waals surface area contributed by atoms with Crippen LogP contribution in [0.15, 0.2) is 16.4 Å². The van der Waals surface area contributed by atoms with E-state index in [9.17, 15) is 0 Å². The first-order valence-corrected chi connectivity index (χ1v) is 24.5. The summed E-state index contributed by atoms with van der Waals surface area (Å²) in [5, 5.41) is 11.1. The fraction of sp³-hybridized carbons (Fsp3) is 0.0256. The van der Waals surface area contributed by atoms with Gasteiger partial charge in [-0.2, -0.15) is 0 Å². The number of allylic oxidation sites excluding steroid dienone is 4. The summed E-state index contributed by atoms with van der Waals surface area (Å²) < 4.78 is 0. The van der Waals surface area contributed by atoms with Gasteiger partial charge >= 0.3 is 0 Å². The molecule has 0 nitrogen and oxygen atoms in total. The number of hydrogen-bond acceptors (Lipinski definition) is 0. The first-order valence-electron chi connectivity index (χ1n) is 24.5. The molecule has 0 aromatic heterocycles. The zero-order valence-corrected chi connectivity index (χ0v) is 45.5. The maximum atomic E-state index is 2.63. The van der Waals surface area contributed by atoms with E-state index in [-0.39, 0.29) is 0 Å². The SMILES string of the molecule is BC1=C(B)C(B)(c2c3c(B)c(B)c(B)c(B)c3c(-c3c(B)c(B)c(B)c4c(B)c(B)c(B)c(B)c34)c3c(B)c(B)c(B)c(B)c23)C(c2c(B)c(B)c3c(B)c(B)c(B)c(B)c3c2B)=C1B. The van der Waals surface area contributed by atoms with Gasteiger partial charge in [0, 0.05) is 5.31 Å². The van der Waals surface area contributed by atoms with Gasteiger partial charge in [-0.1, -0.05) is 76.5 Å². The Balaban J connectivity index is 1.75. The molecule has 7 aromatic carbocycles. The molecule has 1 atom stereocenters. The molecule has 0 spiro atoms. The lowest BCUT2D eigenvalue weighted by molar-refractivity contribution is 1.02. The summed E-state index contributed by atoms with van der Waals surface area (Å²) in [6.07, 6.45) is 0. The quantitative estimate of drug-likeness (QED) is 0.123. The number of fused-ring (bicyclic) bond motifs is 4. The smallest absolute Gasteiger partial charge is 0.110 e. The number of hydrogen-bond donors (Lipinski definition) is 0. The molecule has 8 rings (SSSR count). The van der Waals surface area contributed by atoms with Gasteiger partial charge in [-0.05, 0) is 70.9 Å². The number of rotatable bonds is 3. The summed E-state index contributed by atoms with van der Waals surface area (Å²) in [5.74, 6) is 0. The molecule has 1 aliphatic carbocycles. The highest BCUT2D eigenvalue weighted by Gasteiger charge is 2.45. The summed E-state index contributed by atoms with van der Waals surface area (Å²) in [7, 11) is 62.6. The fourth-order valence-electron chi connectivity index (χ4n) is 13.7. The van der Waals surface area contributed by atoms with Crippen LogP contribution in [-0.4, -0.2) is 204 Å². The van der Waals surface area contributed by atoms with Crippen LogP contribution in [0, 0.1) is 0 Å². The van der Waals surface area contributed by atoms with Gasteiger partial charge in [0.25, 0.3) is 0 Å². The van der Waals surface area contributed by atoms with Crippen molar-refractivity contribution >= 4 is 373 Å². The van der Waals surface area contributed by atoms with Crippen LogP contribution >= 0.6 is 0 Å². The van der Waals surface area contributed by atoms with Gasteiger partial charge in [-0.3, -0.25) is 0 Å². The molecule has 0 bridgehead atoms. The van der Waals surface area contributed by atoms with Crippen molar-refractivity contribution < 1.29 is 0 Å². The predicted octanol–water partition coefficient (Wildman–Crippen LogP) is -32.0. The Labute approximate surface area is 414 Å². The Morgan fingerprint density at radius 3 is 0.815 bits per heavy atom. The van der Waals surface area contributed by atoms with Crippen molar-refractivity contribution in [2.24, 2.45) is 0 Å². The Kier molecular flexibility index (Phi) is 11.8. The van der Waals surface area contributed by atoms with E-state index in [1.165, 1.54) is 208 Å². The van der Waals surface area contributed by atoms with Crippen LogP contribution in [0.25, 0.3) is 59.8 Å². The Bertz CT molecular complexity index is 3460. The highest BCUT2D eigenvalue weighted by molar-refractivity contribution is 6.76. The van der Waals surface area contributed by atoms with E-state index in [2.05, 4.69) is 204 Å². The zero-order chi connectivity index (χ0) is 48.4. The standard InChI is InChI=1S/C39H52B26/c40-14-9-10(25(51)36(62)35(61)24(9)50)21(47)26(52)11(14)13-27(53)37(63)38(64)39(13,65)12-6-3(16(42)29(55)32(58)19(6)45)1(4-7(12)20(46)33(59)30(56)17(4)43)2-5-8(22(48)28(54)15(2)41)23(49)34(60)31(57)18(5)44/h40-65H2. The Morgan fingerprint density at radius 2 is 0.446 bits per heavy atom. The molecule has 0 radical (unpaired) electrons. The number of benzene rings is 7. The van der Waals surface area contributed by atoms with Crippen molar-refractivity contribution in [3.8, 4) is 11.1 Å². The third-order valence-corrected chi connectivity index (χ3v) is 19.7. The van der Waals surface area contributed by atoms with Crippen LogP contribution in [0.5, 0.6) is 0 Å². The lowest BCUT2D eigenvalue weighted by Crippen LogP contribution is -2.53. The van der Waals surface area contributed by atoms with E-state index in [1.807, 2.05) is 0 Å². The Hall–Kier alpha value is -3.25. The maximum absolute atomic E-state index is 2.63. The van der Waals surface area contributed by atoms with Crippen LogP contribution in [0.2, 0.25) is 0 Å². The van der Waals surface area contributed by atoms with E-state index in [0.29, 0.717) is 0 Å². The molecular weight excluding hydrogens is 750 g/mol. The van der Waals surface area contributed by atoms with Gasteiger partial charge in [0.1, 0.15) is 204 Å². The Morgan fingerprint density at radius 1 is 0.200 bits per heavy atom.